The number of carbonyl (C=O) groups is 1. The molecule has 0 radical (unpaired) electrons. The molecule has 2 N–H and O–H groups in total. The third-order valence-electron chi connectivity index (χ3n) is 3.40. The highest BCUT2D eigenvalue weighted by Crippen LogP contribution is 2.21. The van der Waals surface area contributed by atoms with Crippen molar-refractivity contribution in [3.63, 3.8) is 0 Å². The van der Waals surface area contributed by atoms with E-state index in [1.807, 2.05) is 19.0 Å². The van der Waals surface area contributed by atoms with Gasteiger partial charge in [-0.1, -0.05) is 0 Å². The number of benzene rings is 1. The van der Waals surface area contributed by atoms with Gasteiger partial charge in [-0.2, -0.15) is 0 Å². The Kier molecular flexibility index (Phi) is 3.73. The summed E-state index contributed by atoms with van der Waals surface area (Å²) in [4.78, 5) is 15.6. The molecule has 1 fully saturated rings. The van der Waals surface area contributed by atoms with E-state index in [2.05, 4.69) is 0 Å². The van der Waals surface area contributed by atoms with Gasteiger partial charge < -0.3 is 20.0 Å². The third kappa shape index (κ3) is 2.69. The summed E-state index contributed by atoms with van der Waals surface area (Å²) in [5.41, 5.74) is 0.213. The maximum Gasteiger partial charge on any atom is 0.254 e. The minimum atomic E-state index is -0.760. The van der Waals surface area contributed by atoms with Crippen molar-refractivity contribution in [2.45, 2.75) is 12.1 Å². The third-order valence-corrected chi connectivity index (χ3v) is 3.40. The fourth-order valence-electron chi connectivity index (χ4n) is 2.27. The molecule has 6 heteroatoms. The molecule has 0 aliphatic carbocycles. The molecule has 1 aliphatic heterocycles. The van der Waals surface area contributed by atoms with E-state index in [-0.39, 0.29) is 24.1 Å². The SMILES string of the molecule is CN(C)[C@H]1CN(C(=O)c2ccc(F)c(O)c2)C[C@@H]1O. The van der Waals surface area contributed by atoms with E-state index >= 15 is 0 Å². The van der Waals surface area contributed by atoms with Crippen LogP contribution in [0, 0.1) is 5.82 Å². The number of phenols is 1. The largest absolute Gasteiger partial charge is 0.505 e. The lowest BCUT2D eigenvalue weighted by Gasteiger charge is -2.21. The summed E-state index contributed by atoms with van der Waals surface area (Å²) in [6.07, 6.45) is -0.604. The first-order valence-electron chi connectivity index (χ1n) is 6.02. The number of hydrogen-bond donors (Lipinski definition) is 2. The fourth-order valence-corrected chi connectivity index (χ4v) is 2.27. The number of nitrogens with zero attached hydrogens (tertiary/aromatic N) is 2. The second kappa shape index (κ2) is 5.14. The average molecular weight is 268 g/mol. The molecule has 0 bridgehead atoms. The molecule has 1 aliphatic rings. The Bertz CT molecular complexity index is 493. The molecule has 1 heterocycles. The van der Waals surface area contributed by atoms with Crippen LogP contribution in [0.25, 0.3) is 0 Å². The van der Waals surface area contributed by atoms with E-state index < -0.39 is 17.7 Å². The van der Waals surface area contributed by atoms with Gasteiger partial charge in [0.2, 0.25) is 0 Å². The first-order valence-corrected chi connectivity index (χ1v) is 6.02. The monoisotopic (exact) mass is 268 g/mol. The highest BCUT2D eigenvalue weighted by atomic mass is 19.1. The summed E-state index contributed by atoms with van der Waals surface area (Å²) in [7, 11) is 3.68. The van der Waals surface area contributed by atoms with Gasteiger partial charge in [0.05, 0.1) is 12.1 Å². The lowest BCUT2D eigenvalue weighted by Crippen LogP contribution is -2.38. The van der Waals surface area contributed by atoms with Crippen LogP contribution in [0.3, 0.4) is 0 Å². The highest BCUT2D eigenvalue weighted by molar-refractivity contribution is 5.94. The predicted molar refractivity (Wildman–Crippen MR) is 67.5 cm³/mol. The van der Waals surface area contributed by atoms with Gasteiger partial charge in [-0.05, 0) is 32.3 Å². The zero-order chi connectivity index (χ0) is 14.2. The summed E-state index contributed by atoms with van der Waals surface area (Å²) < 4.78 is 12.9. The number of phenolic OH excluding ortho intramolecular Hbond substituents is 1. The predicted octanol–water partition coefficient (Wildman–Crippen LogP) is 0.278. The van der Waals surface area contributed by atoms with Crippen LogP contribution in [0.2, 0.25) is 0 Å². The Labute approximate surface area is 110 Å². The molecule has 1 aromatic rings. The lowest BCUT2D eigenvalue weighted by molar-refractivity contribution is 0.0763. The van der Waals surface area contributed by atoms with Gasteiger partial charge in [0, 0.05) is 18.7 Å². The maximum atomic E-state index is 12.9. The number of carbonyl (C=O) groups excluding carboxylic acids is 1. The first-order chi connectivity index (χ1) is 8.90. The number of amides is 1. The number of likely N-dealkylation sites (N-methyl/N-ethyl adjacent to an activating group) is 1. The van der Waals surface area contributed by atoms with E-state index in [4.69, 9.17) is 0 Å². The quantitative estimate of drug-likeness (QED) is 0.808. The summed E-state index contributed by atoms with van der Waals surface area (Å²) in [5.74, 6) is -1.63. The molecule has 5 nitrogen and oxygen atoms in total. The van der Waals surface area contributed by atoms with Crippen molar-refractivity contribution in [3.8, 4) is 5.75 Å². The van der Waals surface area contributed by atoms with Crippen molar-refractivity contribution in [3.05, 3.63) is 29.6 Å². The second-order valence-corrected chi connectivity index (χ2v) is 4.97. The van der Waals surface area contributed by atoms with E-state index in [0.29, 0.717) is 6.54 Å². The minimum Gasteiger partial charge on any atom is -0.505 e. The highest BCUT2D eigenvalue weighted by Gasteiger charge is 2.35. The summed E-state index contributed by atoms with van der Waals surface area (Å²) in [5, 5.41) is 19.2. The van der Waals surface area contributed by atoms with Gasteiger partial charge in [0.1, 0.15) is 0 Å². The van der Waals surface area contributed by atoms with Crippen molar-refractivity contribution >= 4 is 5.91 Å². The fraction of sp³-hybridized carbons (Fsp3) is 0.462. The standard InChI is InChI=1S/C13H17FN2O3/c1-15(2)10-6-16(7-12(10)18)13(19)8-3-4-9(14)11(17)5-8/h3-5,10,12,17-18H,6-7H2,1-2H3/t10-,12-/m0/s1. The van der Waals surface area contributed by atoms with Crippen LogP contribution in [0.1, 0.15) is 10.4 Å². The van der Waals surface area contributed by atoms with Crippen LogP contribution < -0.4 is 0 Å². The average Bonchev–Trinajstić information content (AvgIpc) is 2.74. The van der Waals surface area contributed by atoms with Crippen LogP contribution in [-0.4, -0.2) is 65.3 Å². The van der Waals surface area contributed by atoms with Gasteiger partial charge in [-0.25, -0.2) is 4.39 Å². The zero-order valence-corrected chi connectivity index (χ0v) is 10.9. The van der Waals surface area contributed by atoms with Gasteiger partial charge >= 0.3 is 0 Å². The van der Waals surface area contributed by atoms with E-state index in [1.54, 1.807) is 0 Å². The molecule has 104 valence electrons. The molecular formula is C13H17FN2O3. The normalized spacial score (nSPS) is 23.1. The van der Waals surface area contributed by atoms with Crippen molar-refractivity contribution in [1.29, 1.82) is 0 Å². The summed E-state index contributed by atoms with van der Waals surface area (Å²) in [6, 6.07) is 3.37. The van der Waals surface area contributed by atoms with Gasteiger partial charge in [0.25, 0.3) is 5.91 Å². The van der Waals surface area contributed by atoms with Crippen LogP contribution >= 0.6 is 0 Å². The van der Waals surface area contributed by atoms with E-state index in [1.165, 1.54) is 11.0 Å². The molecule has 0 aromatic heterocycles. The smallest absolute Gasteiger partial charge is 0.254 e. The van der Waals surface area contributed by atoms with Crippen molar-refractivity contribution in [2.75, 3.05) is 27.2 Å². The van der Waals surface area contributed by atoms with Crippen LogP contribution in [0.15, 0.2) is 18.2 Å². The summed E-state index contributed by atoms with van der Waals surface area (Å²) >= 11 is 0. The van der Waals surface area contributed by atoms with Crippen LogP contribution in [0.5, 0.6) is 5.75 Å². The number of aromatic hydroxyl groups is 1. The van der Waals surface area contributed by atoms with E-state index in [0.717, 1.165) is 12.1 Å². The van der Waals surface area contributed by atoms with Crippen molar-refractivity contribution < 1.29 is 19.4 Å². The summed E-state index contributed by atoms with van der Waals surface area (Å²) in [6.45, 7) is 0.644. The molecule has 1 saturated heterocycles. The van der Waals surface area contributed by atoms with E-state index in [9.17, 15) is 19.4 Å². The Morgan fingerprint density at radius 1 is 1.42 bits per heavy atom. The molecule has 0 saturated carbocycles. The minimum absolute atomic E-state index is 0.113. The zero-order valence-electron chi connectivity index (χ0n) is 10.9. The first kappa shape index (κ1) is 13.8. The molecule has 1 amide bonds. The molecule has 19 heavy (non-hydrogen) atoms. The number of halogens is 1. The molecular weight excluding hydrogens is 251 g/mol. The Morgan fingerprint density at radius 2 is 2.11 bits per heavy atom. The number of aliphatic hydroxyl groups excluding tert-OH is 1. The number of β-amino-alcohol motifs (C(OH)–C–C–N with tert-alkyl or cyclic N) is 1. The Morgan fingerprint density at radius 3 is 2.63 bits per heavy atom. The van der Waals surface area contributed by atoms with Crippen molar-refractivity contribution in [2.24, 2.45) is 0 Å². The molecule has 0 unspecified atom stereocenters. The molecule has 2 atom stereocenters. The Balaban J connectivity index is 2.15. The number of likely N-dealkylation sites (tertiary alicyclic amines) is 1. The Hall–Kier alpha value is -1.66. The topological polar surface area (TPSA) is 64.0 Å². The number of hydrogen-bond acceptors (Lipinski definition) is 4. The van der Waals surface area contributed by atoms with Gasteiger partial charge in [0.15, 0.2) is 11.6 Å². The number of rotatable bonds is 2. The molecule has 0 spiro atoms. The lowest BCUT2D eigenvalue weighted by atomic mass is 10.2. The van der Waals surface area contributed by atoms with Crippen molar-refractivity contribution in [1.82, 2.24) is 9.80 Å². The number of aliphatic hydroxyl groups is 1. The molecule has 2 rings (SSSR count). The van der Waals surface area contributed by atoms with Crippen LogP contribution in [-0.2, 0) is 0 Å². The van der Waals surface area contributed by atoms with Gasteiger partial charge in [-0.3, -0.25) is 4.79 Å². The molecule has 1 aromatic carbocycles. The maximum absolute atomic E-state index is 12.9. The second-order valence-electron chi connectivity index (χ2n) is 4.97. The van der Waals surface area contributed by atoms with Crippen LogP contribution in [0.4, 0.5) is 4.39 Å². The van der Waals surface area contributed by atoms with Gasteiger partial charge in [-0.15, -0.1) is 0 Å².